The number of esters is 1. The number of nitrogens with two attached hydrogens (primary N) is 1. The topological polar surface area (TPSA) is 264 Å². The average Bonchev–Trinajstić information content (AvgIpc) is 3.70. The first-order valence-corrected chi connectivity index (χ1v) is 24.0. The zero-order valence-corrected chi connectivity index (χ0v) is 41.7. The summed E-state index contributed by atoms with van der Waals surface area (Å²) in [5.74, 6) is -2.70. The predicted molar refractivity (Wildman–Crippen MR) is 252 cm³/mol. The van der Waals surface area contributed by atoms with Gasteiger partial charge in [0, 0.05) is 38.6 Å². The number of rotatable bonds is 13. The maximum atomic E-state index is 14.1. The number of likely N-dealkylation sites (N-methyl/N-ethyl adjacent to an activating group) is 1. The zero-order chi connectivity index (χ0) is 50.6. The van der Waals surface area contributed by atoms with Crippen LogP contribution in [-0.4, -0.2) is 184 Å². The number of aliphatic hydroxyl groups is 3. The van der Waals surface area contributed by atoms with E-state index >= 15 is 0 Å². The first-order valence-electron chi connectivity index (χ1n) is 24.0. The third-order valence-electron chi connectivity index (χ3n) is 13.5. The SMILES string of the molecule is CO[C@@H]1[C@H](O)[C@@H](C)O[C@@H](OC[C@H]2/C=C(C)/C=C/C(=O)[C@H](C)CC3CCOC/C(=N\OCOCc4ccc5nc(N)oc5c4)CO[C@H](CC(=O)OC2)[C@H](C)[C@H]3O[C@@H]2O[C@H](C)[C@@H](O)[C@H](N(C)C)[C@H]2O)[C@@H]1OC. The summed E-state index contributed by atoms with van der Waals surface area (Å²) in [5, 5.41) is 37.7. The van der Waals surface area contributed by atoms with Crippen molar-refractivity contribution >= 4 is 34.6 Å². The van der Waals surface area contributed by atoms with Crippen LogP contribution in [0, 0.1) is 23.7 Å². The standard InChI is InChI=1S/C49H74N4O17/c1-26-10-13-36(54)27(2)17-33-14-15-61-23-34(52-66-25-62-20-31-11-12-35-38(18-31)69-49(50)51-35)24-63-37(28(3)44(33)70-47-43(58)40(53(6)7)41(56)29(4)67-47)19-39(55)64-21-32(16-26)22-65-48-46(60-9)45(59-8)42(57)30(5)68-48/h10-13,16,18,27-30,32-33,37,40-48,56-58H,14-15,17,19-25H2,1-9H3,(H2,50,51)/b13-10+,26-16+,52-34+/t27-,28+,29-,30-,32+,33?,37-,40+,41-,42-,43-,44-,45-,46-,47+,48-/m1/s1. The Labute approximate surface area is 409 Å². The number of aromatic nitrogens is 1. The van der Waals surface area contributed by atoms with E-state index < -0.39 is 97.3 Å². The highest BCUT2D eigenvalue weighted by molar-refractivity contribution is 5.91. The van der Waals surface area contributed by atoms with E-state index in [4.69, 9.17) is 62.4 Å². The minimum atomic E-state index is -1.27. The molecule has 0 aliphatic carbocycles. The molecule has 3 fully saturated rings. The molecule has 21 heteroatoms. The second-order valence-electron chi connectivity index (χ2n) is 19.0. The molecule has 4 aliphatic heterocycles. The number of ether oxygens (including phenoxy) is 10. The number of nitrogen functional groups attached to an aromatic ring is 1. The first-order chi connectivity index (χ1) is 33.5. The molecule has 2 bridgehead atoms. The molecule has 0 spiro atoms. The van der Waals surface area contributed by atoms with Crippen LogP contribution in [0.3, 0.4) is 0 Å². The second kappa shape index (κ2) is 26.1. The van der Waals surface area contributed by atoms with Gasteiger partial charge in [-0.1, -0.05) is 42.8 Å². The Bertz CT molecular complexity index is 2080. The Morgan fingerprint density at radius 1 is 0.929 bits per heavy atom. The molecular weight excluding hydrogens is 917 g/mol. The van der Waals surface area contributed by atoms with Gasteiger partial charge in [-0.05, 0) is 77.4 Å². The molecule has 4 aliphatic rings. The van der Waals surface area contributed by atoms with E-state index in [0.29, 0.717) is 29.7 Å². The summed E-state index contributed by atoms with van der Waals surface area (Å²) in [4.78, 5) is 39.5. The quantitative estimate of drug-likeness (QED) is 0.0973. The number of carbonyl (C=O) groups is 2. The zero-order valence-electron chi connectivity index (χ0n) is 41.7. The van der Waals surface area contributed by atoms with Gasteiger partial charge in [-0.2, -0.15) is 4.98 Å². The largest absolute Gasteiger partial charge is 0.465 e. The first kappa shape index (κ1) is 55.4. The van der Waals surface area contributed by atoms with Gasteiger partial charge in [0.15, 0.2) is 23.9 Å². The lowest BCUT2D eigenvalue weighted by molar-refractivity contribution is -0.305. The Morgan fingerprint density at radius 2 is 1.67 bits per heavy atom. The van der Waals surface area contributed by atoms with Gasteiger partial charge in [0.1, 0.15) is 35.6 Å². The smallest absolute Gasteiger partial charge is 0.308 e. The van der Waals surface area contributed by atoms with Crippen LogP contribution >= 0.6 is 0 Å². The summed E-state index contributed by atoms with van der Waals surface area (Å²) in [6.07, 6.45) is -4.18. The lowest BCUT2D eigenvalue weighted by Crippen LogP contribution is -2.63. The van der Waals surface area contributed by atoms with E-state index in [0.717, 1.165) is 11.1 Å². The van der Waals surface area contributed by atoms with Gasteiger partial charge < -0.3 is 82.6 Å². The van der Waals surface area contributed by atoms with Crippen LogP contribution in [0.15, 0.2) is 51.6 Å². The fourth-order valence-corrected chi connectivity index (χ4v) is 9.49. The number of hydrogen-bond donors (Lipinski definition) is 4. The van der Waals surface area contributed by atoms with E-state index in [1.807, 2.05) is 32.9 Å². The van der Waals surface area contributed by atoms with Crippen molar-refractivity contribution in [3.8, 4) is 0 Å². The number of ketones is 1. The molecule has 0 saturated carbocycles. The van der Waals surface area contributed by atoms with Crippen molar-refractivity contribution in [2.24, 2.45) is 28.8 Å². The van der Waals surface area contributed by atoms with Crippen LogP contribution in [0.5, 0.6) is 0 Å². The van der Waals surface area contributed by atoms with Crippen LogP contribution in [0.1, 0.15) is 59.4 Å². The van der Waals surface area contributed by atoms with Gasteiger partial charge in [-0.15, -0.1) is 0 Å². The third-order valence-corrected chi connectivity index (χ3v) is 13.5. The number of carbonyl (C=O) groups excluding carboxylic acids is 2. The lowest BCUT2D eigenvalue weighted by Gasteiger charge is -2.47. The van der Waals surface area contributed by atoms with Crippen molar-refractivity contribution in [2.45, 2.75) is 134 Å². The van der Waals surface area contributed by atoms with Crippen LogP contribution in [0.4, 0.5) is 6.01 Å². The molecule has 392 valence electrons. The molecule has 1 aromatic carbocycles. The molecule has 5 N–H and O–H groups in total. The minimum absolute atomic E-state index is 0.0130. The van der Waals surface area contributed by atoms with Gasteiger partial charge >= 0.3 is 5.97 Å². The van der Waals surface area contributed by atoms with Gasteiger partial charge in [-0.25, -0.2) is 0 Å². The number of anilines is 1. The van der Waals surface area contributed by atoms with E-state index in [2.05, 4.69) is 10.1 Å². The Morgan fingerprint density at radius 3 is 2.41 bits per heavy atom. The number of oxazole rings is 1. The second-order valence-corrected chi connectivity index (χ2v) is 19.0. The molecule has 1 aromatic heterocycles. The molecule has 21 nitrogen and oxygen atoms in total. The van der Waals surface area contributed by atoms with E-state index in [9.17, 15) is 24.9 Å². The van der Waals surface area contributed by atoms with Crippen LogP contribution < -0.4 is 5.73 Å². The van der Waals surface area contributed by atoms with Crippen LogP contribution in [0.25, 0.3) is 11.1 Å². The average molecular weight is 991 g/mol. The maximum absolute atomic E-state index is 14.1. The molecule has 16 atom stereocenters. The highest BCUT2D eigenvalue weighted by Crippen LogP contribution is 2.36. The van der Waals surface area contributed by atoms with E-state index in [-0.39, 0.29) is 70.6 Å². The van der Waals surface area contributed by atoms with Gasteiger partial charge in [0.2, 0.25) is 6.79 Å². The summed E-state index contributed by atoms with van der Waals surface area (Å²) in [7, 11) is 6.47. The van der Waals surface area contributed by atoms with Crippen molar-refractivity contribution in [3.05, 3.63) is 47.6 Å². The van der Waals surface area contributed by atoms with Crippen LogP contribution in [0.2, 0.25) is 0 Å². The van der Waals surface area contributed by atoms with Crippen molar-refractivity contribution in [2.75, 3.05) is 73.9 Å². The molecule has 0 radical (unpaired) electrons. The summed E-state index contributed by atoms with van der Waals surface area (Å²) >= 11 is 0. The molecule has 70 heavy (non-hydrogen) atoms. The number of fused-ring (bicyclic) bond motifs is 4. The van der Waals surface area contributed by atoms with E-state index in [1.165, 1.54) is 20.3 Å². The monoisotopic (exact) mass is 991 g/mol. The number of benzene rings is 1. The van der Waals surface area contributed by atoms with Gasteiger partial charge in [-0.3, -0.25) is 9.59 Å². The molecule has 1 unspecified atom stereocenters. The maximum Gasteiger partial charge on any atom is 0.308 e. The van der Waals surface area contributed by atoms with Crippen molar-refractivity contribution < 1.29 is 81.5 Å². The number of oxime groups is 1. The number of hydrogen-bond acceptors (Lipinski definition) is 21. The summed E-state index contributed by atoms with van der Waals surface area (Å²) in [6, 6.07) is 4.74. The number of allylic oxidation sites excluding steroid dienone is 3. The highest BCUT2D eigenvalue weighted by Gasteiger charge is 2.48. The fraction of sp³-hybridized carbons (Fsp3) is 0.714. The number of nitrogens with zero attached hydrogens (tertiary/aromatic N) is 3. The van der Waals surface area contributed by atoms with Gasteiger partial charge in [0.25, 0.3) is 6.01 Å². The molecular formula is C49H74N4O17. The normalized spacial score (nSPS) is 37.4. The highest BCUT2D eigenvalue weighted by atomic mass is 16.7. The number of methoxy groups -OCH3 is 2. The number of cyclic esters (lactones) is 1. The van der Waals surface area contributed by atoms with Crippen molar-refractivity contribution in [3.63, 3.8) is 0 Å². The lowest BCUT2D eigenvalue weighted by atomic mass is 9.79. The Balaban J connectivity index is 1.26. The summed E-state index contributed by atoms with van der Waals surface area (Å²) < 4.78 is 66.4. The predicted octanol–water partition coefficient (Wildman–Crippen LogP) is 2.91. The Kier molecular flexibility index (Phi) is 20.7. The van der Waals surface area contributed by atoms with E-state index in [1.54, 1.807) is 51.1 Å². The van der Waals surface area contributed by atoms with Gasteiger partial charge in [0.05, 0.1) is 76.0 Å². The number of aliphatic hydroxyl groups excluding tert-OH is 3. The third kappa shape index (κ3) is 14.6. The summed E-state index contributed by atoms with van der Waals surface area (Å²) in [6.45, 7) is 9.00. The van der Waals surface area contributed by atoms with Crippen molar-refractivity contribution in [1.29, 1.82) is 0 Å². The molecule has 2 aromatic rings. The Hall–Kier alpha value is -3.94. The van der Waals surface area contributed by atoms with Crippen molar-refractivity contribution in [1.82, 2.24) is 9.88 Å². The fourth-order valence-electron chi connectivity index (χ4n) is 9.49. The summed E-state index contributed by atoms with van der Waals surface area (Å²) in [5.41, 5.74) is 8.75. The minimum Gasteiger partial charge on any atom is -0.465 e. The molecule has 6 rings (SSSR count). The molecule has 3 saturated heterocycles. The molecule has 0 amide bonds. The van der Waals surface area contributed by atoms with Crippen LogP contribution in [-0.2, 0) is 68.4 Å². The molecule has 5 heterocycles.